The van der Waals surface area contributed by atoms with E-state index in [1.54, 1.807) is 0 Å². The number of rotatable bonds is 4. The second-order valence-electron chi connectivity index (χ2n) is 6.51. The van der Waals surface area contributed by atoms with Crippen LogP contribution in [0.4, 0.5) is 5.82 Å². The zero-order valence-corrected chi connectivity index (χ0v) is 14.0. The maximum Gasteiger partial charge on any atom is 0.150 e. The maximum absolute atomic E-state index is 5.73. The van der Waals surface area contributed by atoms with Crippen LogP contribution in [0.3, 0.4) is 0 Å². The molecular weight excluding hydrogens is 300 g/mol. The van der Waals surface area contributed by atoms with Crippen LogP contribution in [0.1, 0.15) is 30.3 Å². The Morgan fingerprint density at radius 2 is 1.88 bits per heavy atom. The van der Waals surface area contributed by atoms with Gasteiger partial charge in [0, 0.05) is 32.4 Å². The normalized spacial score (nSPS) is 22.0. The number of anilines is 1. The second-order valence-corrected chi connectivity index (χ2v) is 6.51. The molecule has 2 saturated heterocycles. The van der Waals surface area contributed by atoms with E-state index in [0.29, 0.717) is 6.61 Å². The van der Waals surface area contributed by atoms with Crippen LogP contribution in [-0.4, -0.2) is 47.7 Å². The quantitative estimate of drug-likeness (QED) is 0.865. The van der Waals surface area contributed by atoms with E-state index in [-0.39, 0.29) is 6.04 Å². The summed E-state index contributed by atoms with van der Waals surface area (Å²) in [7, 11) is 0. The maximum atomic E-state index is 5.73. The standard InChI is InChI=1S/C19H24N4O/c1-2-6-16(7-3-1)14-23-12-13-24-15-17(23)19-20-9-8-18(21-19)22-10-4-5-11-22/h1-3,6-9,17H,4-5,10-15H2/t17-/m0/s1. The van der Waals surface area contributed by atoms with Crippen LogP contribution in [-0.2, 0) is 11.3 Å². The molecule has 0 N–H and O–H groups in total. The zero-order chi connectivity index (χ0) is 16.2. The van der Waals surface area contributed by atoms with Crippen molar-refractivity contribution in [2.45, 2.75) is 25.4 Å². The molecule has 126 valence electrons. The summed E-state index contributed by atoms with van der Waals surface area (Å²) in [6.07, 6.45) is 4.41. The van der Waals surface area contributed by atoms with Crippen molar-refractivity contribution < 1.29 is 4.74 Å². The van der Waals surface area contributed by atoms with E-state index in [2.05, 4.69) is 45.1 Å². The van der Waals surface area contributed by atoms with Gasteiger partial charge in [-0.2, -0.15) is 0 Å². The molecule has 0 amide bonds. The molecule has 0 bridgehead atoms. The smallest absolute Gasteiger partial charge is 0.150 e. The van der Waals surface area contributed by atoms with Gasteiger partial charge in [-0.25, -0.2) is 9.97 Å². The Labute approximate surface area is 143 Å². The number of benzene rings is 1. The fraction of sp³-hybridized carbons (Fsp3) is 0.474. The van der Waals surface area contributed by atoms with Gasteiger partial charge in [-0.3, -0.25) is 4.90 Å². The first-order valence-electron chi connectivity index (χ1n) is 8.84. The monoisotopic (exact) mass is 324 g/mol. The number of aromatic nitrogens is 2. The molecule has 4 rings (SSSR count). The lowest BCUT2D eigenvalue weighted by Gasteiger charge is -2.34. The van der Waals surface area contributed by atoms with Gasteiger partial charge < -0.3 is 9.64 Å². The molecule has 5 nitrogen and oxygen atoms in total. The van der Waals surface area contributed by atoms with Crippen LogP contribution in [0.15, 0.2) is 42.6 Å². The van der Waals surface area contributed by atoms with Crippen molar-refractivity contribution in [1.82, 2.24) is 14.9 Å². The third kappa shape index (κ3) is 3.42. The van der Waals surface area contributed by atoms with Gasteiger partial charge in [-0.1, -0.05) is 30.3 Å². The summed E-state index contributed by atoms with van der Waals surface area (Å²) in [5.74, 6) is 1.94. The van der Waals surface area contributed by atoms with Crippen LogP contribution in [0.25, 0.3) is 0 Å². The number of ether oxygens (including phenoxy) is 1. The fourth-order valence-electron chi connectivity index (χ4n) is 3.53. The minimum Gasteiger partial charge on any atom is -0.378 e. The van der Waals surface area contributed by atoms with Gasteiger partial charge in [0.1, 0.15) is 11.6 Å². The molecule has 2 aliphatic rings. The van der Waals surface area contributed by atoms with E-state index >= 15 is 0 Å². The molecule has 24 heavy (non-hydrogen) atoms. The molecular formula is C19H24N4O. The number of nitrogens with zero attached hydrogens (tertiary/aromatic N) is 4. The van der Waals surface area contributed by atoms with Crippen molar-refractivity contribution in [3.63, 3.8) is 0 Å². The summed E-state index contributed by atoms with van der Waals surface area (Å²) in [5.41, 5.74) is 1.32. The molecule has 2 aliphatic heterocycles. The predicted molar refractivity (Wildman–Crippen MR) is 93.9 cm³/mol. The Balaban J connectivity index is 1.55. The van der Waals surface area contributed by atoms with Gasteiger partial charge in [0.15, 0.2) is 0 Å². The molecule has 2 fully saturated rings. The minimum atomic E-state index is 0.126. The Kier molecular flexibility index (Phi) is 4.71. The summed E-state index contributed by atoms with van der Waals surface area (Å²) >= 11 is 0. The SMILES string of the molecule is c1ccc(CN2CCOC[C@H]2c2nccc(N3CCCC3)n2)cc1. The van der Waals surface area contributed by atoms with E-state index in [1.165, 1.54) is 18.4 Å². The third-order valence-electron chi connectivity index (χ3n) is 4.86. The minimum absolute atomic E-state index is 0.126. The summed E-state index contributed by atoms with van der Waals surface area (Å²) in [5, 5.41) is 0. The molecule has 1 atom stereocenters. The largest absolute Gasteiger partial charge is 0.378 e. The van der Waals surface area contributed by atoms with E-state index in [1.807, 2.05) is 12.3 Å². The van der Waals surface area contributed by atoms with Crippen LogP contribution in [0.2, 0.25) is 0 Å². The van der Waals surface area contributed by atoms with Gasteiger partial charge in [0.05, 0.1) is 19.3 Å². The van der Waals surface area contributed by atoms with Crippen LogP contribution >= 0.6 is 0 Å². The van der Waals surface area contributed by atoms with Gasteiger partial charge in [-0.05, 0) is 24.5 Å². The molecule has 2 aromatic rings. The van der Waals surface area contributed by atoms with Gasteiger partial charge in [-0.15, -0.1) is 0 Å². The van der Waals surface area contributed by atoms with E-state index < -0.39 is 0 Å². The zero-order valence-electron chi connectivity index (χ0n) is 14.0. The highest BCUT2D eigenvalue weighted by Gasteiger charge is 2.27. The summed E-state index contributed by atoms with van der Waals surface area (Å²) in [4.78, 5) is 14.2. The van der Waals surface area contributed by atoms with Crippen molar-refractivity contribution >= 4 is 5.82 Å². The lowest BCUT2D eigenvalue weighted by Crippen LogP contribution is -2.40. The molecule has 5 heteroatoms. The number of hydrogen-bond acceptors (Lipinski definition) is 5. The van der Waals surface area contributed by atoms with E-state index in [4.69, 9.17) is 9.72 Å². The molecule has 0 saturated carbocycles. The lowest BCUT2D eigenvalue weighted by atomic mass is 10.1. The van der Waals surface area contributed by atoms with Crippen LogP contribution in [0, 0.1) is 0 Å². The summed E-state index contributed by atoms with van der Waals surface area (Å²) in [6, 6.07) is 12.7. The molecule has 0 aliphatic carbocycles. The molecule has 0 unspecified atom stereocenters. The first-order chi connectivity index (χ1) is 11.9. The van der Waals surface area contributed by atoms with E-state index in [0.717, 1.165) is 44.4 Å². The third-order valence-corrected chi connectivity index (χ3v) is 4.86. The van der Waals surface area contributed by atoms with Crippen molar-refractivity contribution in [2.24, 2.45) is 0 Å². The topological polar surface area (TPSA) is 41.5 Å². The Morgan fingerprint density at radius 1 is 1.04 bits per heavy atom. The Morgan fingerprint density at radius 3 is 2.71 bits per heavy atom. The van der Waals surface area contributed by atoms with Crippen LogP contribution < -0.4 is 4.90 Å². The first-order valence-corrected chi connectivity index (χ1v) is 8.84. The molecule has 1 aromatic carbocycles. The average molecular weight is 324 g/mol. The van der Waals surface area contributed by atoms with Crippen molar-refractivity contribution in [3.8, 4) is 0 Å². The highest BCUT2D eigenvalue weighted by atomic mass is 16.5. The highest BCUT2D eigenvalue weighted by Crippen LogP contribution is 2.25. The fourth-order valence-corrected chi connectivity index (χ4v) is 3.53. The molecule has 1 aromatic heterocycles. The summed E-state index contributed by atoms with van der Waals surface area (Å²) < 4.78 is 5.73. The van der Waals surface area contributed by atoms with Crippen molar-refractivity contribution in [1.29, 1.82) is 0 Å². The summed E-state index contributed by atoms with van der Waals surface area (Å²) in [6.45, 7) is 5.46. The number of hydrogen-bond donors (Lipinski definition) is 0. The Bertz CT molecular complexity index is 657. The molecule has 0 spiro atoms. The molecule has 3 heterocycles. The Hall–Kier alpha value is -1.98. The average Bonchev–Trinajstić information content (AvgIpc) is 3.18. The number of morpholine rings is 1. The van der Waals surface area contributed by atoms with Crippen LogP contribution in [0.5, 0.6) is 0 Å². The molecule has 0 radical (unpaired) electrons. The van der Waals surface area contributed by atoms with E-state index in [9.17, 15) is 0 Å². The van der Waals surface area contributed by atoms with Gasteiger partial charge >= 0.3 is 0 Å². The first kappa shape index (κ1) is 15.5. The lowest BCUT2D eigenvalue weighted by molar-refractivity contribution is -0.0159. The highest BCUT2D eigenvalue weighted by molar-refractivity contribution is 5.38. The predicted octanol–water partition coefficient (Wildman–Crippen LogP) is 2.65. The van der Waals surface area contributed by atoms with Gasteiger partial charge in [0.25, 0.3) is 0 Å². The van der Waals surface area contributed by atoms with Crippen molar-refractivity contribution in [3.05, 3.63) is 54.0 Å². The van der Waals surface area contributed by atoms with Gasteiger partial charge in [0.2, 0.25) is 0 Å². The second kappa shape index (κ2) is 7.28. The van der Waals surface area contributed by atoms with Crippen molar-refractivity contribution in [2.75, 3.05) is 37.7 Å².